The molecule has 1 aromatic heterocycles. The van der Waals surface area contributed by atoms with Crippen LogP contribution in [-0.4, -0.2) is 20.1 Å². The Bertz CT molecular complexity index is 1210. The largest absolute Gasteiger partial charge is 0.416 e. The van der Waals surface area contributed by atoms with Crippen LogP contribution in [0.5, 0.6) is 0 Å². The van der Waals surface area contributed by atoms with Gasteiger partial charge in [-0.1, -0.05) is 23.7 Å². The first-order valence-corrected chi connectivity index (χ1v) is 10.7. The van der Waals surface area contributed by atoms with Gasteiger partial charge in [-0.2, -0.15) is 13.2 Å². The van der Waals surface area contributed by atoms with E-state index in [-0.39, 0.29) is 42.5 Å². The molecule has 168 valence electrons. The summed E-state index contributed by atoms with van der Waals surface area (Å²) in [6.45, 7) is 1.18. The van der Waals surface area contributed by atoms with Crippen molar-refractivity contribution in [3.63, 3.8) is 0 Å². The summed E-state index contributed by atoms with van der Waals surface area (Å²) in [5.74, 6) is 0.211. The number of benzene rings is 2. The average Bonchev–Trinajstić information content (AvgIpc) is 3.51. The summed E-state index contributed by atoms with van der Waals surface area (Å²) in [5.41, 5.74) is 0.249. The van der Waals surface area contributed by atoms with Gasteiger partial charge in [0.2, 0.25) is 0 Å². The summed E-state index contributed by atoms with van der Waals surface area (Å²) in [5, 5.41) is 4.95. The number of carbonyl (C=O) groups is 1. The van der Waals surface area contributed by atoms with E-state index in [1.165, 1.54) is 13.0 Å². The molecule has 32 heavy (non-hydrogen) atoms. The van der Waals surface area contributed by atoms with Crippen LogP contribution in [0.1, 0.15) is 42.0 Å². The summed E-state index contributed by atoms with van der Waals surface area (Å²) >= 11 is 5.95. The minimum Gasteiger partial charge on any atom is -0.298 e. The van der Waals surface area contributed by atoms with Gasteiger partial charge in [-0.15, -0.1) is 5.10 Å². The lowest BCUT2D eigenvalue weighted by Gasteiger charge is -2.13. The van der Waals surface area contributed by atoms with Gasteiger partial charge >= 0.3 is 11.9 Å². The number of aromatic nitrogens is 3. The second-order valence-electron chi connectivity index (χ2n) is 8.00. The van der Waals surface area contributed by atoms with Crippen LogP contribution in [0.2, 0.25) is 5.02 Å². The van der Waals surface area contributed by atoms with Crippen LogP contribution in [0, 0.1) is 6.92 Å². The van der Waals surface area contributed by atoms with E-state index >= 15 is 0 Å². The number of Topliss-reactive ketones (excluding diaryl/α,β-unsaturated/α-hetero) is 1. The number of alkyl halides is 3. The Kier molecular flexibility index (Phi) is 5.99. The van der Waals surface area contributed by atoms with Crippen molar-refractivity contribution in [1.29, 1.82) is 0 Å². The van der Waals surface area contributed by atoms with Crippen LogP contribution >= 0.6 is 11.6 Å². The Morgan fingerprint density at radius 1 is 1.16 bits per heavy atom. The molecule has 1 saturated carbocycles. The molecule has 2 aromatic carbocycles. The summed E-state index contributed by atoms with van der Waals surface area (Å²) in [6, 6.07) is 11.0. The monoisotopic (exact) mass is 463 g/mol. The van der Waals surface area contributed by atoms with Crippen LogP contribution in [0.4, 0.5) is 13.2 Å². The molecule has 0 aliphatic heterocycles. The van der Waals surface area contributed by atoms with Crippen LogP contribution in [-0.2, 0) is 23.9 Å². The number of ketones is 1. The highest BCUT2D eigenvalue weighted by atomic mass is 35.5. The Balaban J connectivity index is 1.52. The molecule has 9 heteroatoms. The zero-order valence-electron chi connectivity index (χ0n) is 17.3. The molecule has 3 aromatic rings. The predicted molar refractivity (Wildman–Crippen MR) is 115 cm³/mol. The second kappa shape index (κ2) is 8.58. The third-order valence-corrected chi connectivity index (χ3v) is 5.89. The number of nitrogens with zero attached hydrogens (tertiary/aromatic N) is 3. The van der Waals surface area contributed by atoms with Crippen molar-refractivity contribution in [2.24, 2.45) is 0 Å². The average molecular weight is 464 g/mol. The first-order valence-electron chi connectivity index (χ1n) is 10.3. The number of hydrogen-bond acceptors (Lipinski definition) is 3. The van der Waals surface area contributed by atoms with E-state index in [9.17, 15) is 22.8 Å². The molecule has 0 atom stereocenters. The number of halogens is 4. The van der Waals surface area contributed by atoms with Gasteiger partial charge in [0.1, 0.15) is 6.54 Å². The van der Waals surface area contributed by atoms with E-state index in [0.717, 1.165) is 29.2 Å². The van der Waals surface area contributed by atoms with E-state index in [4.69, 9.17) is 11.6 Å². The number of rotatable bonds is 7. The molecule has 0 N–H and O–H groups in total. The van der Waals surface area contributed by atoms with Gasteiger partial charge in [0.15, 0.2) is 11.6 Å². The van der Waals surface area contributed by atoms with E-state index in [1.54, 1.807) is 34.9 Å². The van der Waals surface area contributed by atoms with Crippen molar-refractivity contribution in [3.8, 4) is 11.4 Å². The van der Waals surface area contributed by atoms with Crippen molar-refractivity contribution >= 4 is 17.4 Å². The lowest BCUT2D eigenvalue weighted by molar-refractivity contribution is -0.138. The zero-order chi connectivity index (χ0) is 23.0. The lowest BCUT2D eigenvalue weighted by atomic mass is 9.97. The van der Waals surface area contributed by atoms with Crippen molar-refractivity contribution in [2.75, 3.05) is 0 Å². The summed E-state index contributed by atoms with van der Waals surface area (Å²) in [4.78, 5) is 25.5. The number of aryl methyl sites for hydroxylation is 1. The number of hydrogen-bond donors (Lipinski definition) is 0. The minimum atomic E-state index is -4.44. The minimum absolute atomic E-state index is 0.0150. The number of carbonyl (C=O) groups excluding carboxylic acids is 1. The molecule has 4 rings (SSSR count). The molecule has 0 unspecified atom stereocenters. The standard InChI is InChI=1S/C23H21ClF3N3O2/c1-14-15(3-2-4-20(14)23(25,26)27)7-12-19(31)13-29-22(32)30(18-10-11-18)21(28-29)16-5-8-17(24)9-6-16/h2-6,8-9,18H,7,10-13H2,1H3. The van der Waals surface area contributed by atoms with Crippen molar-refractivity contribution in [1.82, 2.24) is 14.3 Å². The van der Waals surface area contributed by atoms with Gasteiger partial charge < -0.3 is 0 Å². The fourth-order valence-corrected chi connectivity index (χ4v) is 3.89. The van der Waals surface area contributed by atoms with Gasteiger partial charge in [0.05, 0.1) is 5.56 Å². The Morgan fingerprint density at radius 3 is 2.47 bits per heavy atom. The Morgan fingerprint density at radius 2 is 1.84 bits per heavy atom. The molecule has 5 nitrogen and oxygen atoms in total. The Labute approximate surface area is 187 Å². The van der Waals surface area contributed by atoms with Gasteiger partial charge in [-0.05, 0) is 67.6 Å². The van der Waals surface area contributed by atoms with Crippen molar-refractivity contribution in [2.45, 2.75) is 51.4 Å². The van der Waals surface area contributed by atoms with Crippen LogP contribution < -0.4 is 5.69 Å². The fourth-order valence-electron chi connectivity index (χ4n) is 3.76. The molecule has 0 amide bonds. The predicted octanol–water partition coefficient (Wildman–Crippen LogP) is 5.23. The third kappa shape index (κ3) is 4.65. The van der Waals surface area contributed by atoms with Crippen molar-refractivity contribution < 1.29 is 18.0 Å². The first kappa shape index (κ1) is 22.3. The topological polar surface area (TPSA) is 56.9 Å². The first-order chi connectivity index (χ1) is 15.1. The van der Waals surface area contributed by atoms with Gasteiger partial charge in [-0.3, -0.25) is 9.36 Å². The van der Waals surface area contributed by atoms with Crippen molar-refractivity contribution in [3.05, 3.63) is 74.7 Å². The summed E-state index contributed by atoms with van der Waals surface area (Å²) in [6.07, 6.45) is -2.52. The van der Waals surface area contributed by atoms with E-state index in [1.807, 2.05) is 0 Å². The summed E-state index contributed by atoms with van der Waals surface area (Å²) < 4.78 is 42.1. The smallest absolute Gasteiger partial charge is 0.298 e. The molecule has 0 radical (unpaired) electrons. The molecule has 1 heterocycles. The maximum absolute atomic E-state index is 13.1. The molecule has 1 aliphatic carbocycles. The molecular formula is C23H21ClF3N3O2. The van der Waals surface area contributed by atoms with Crippen LogP contribution in [0.25, 0.3) is 11.4 Å². The van der Waals surface area contributed by atoms with Crippen LogP contribution in [0.15, 0.2) is 47.3 Å². The lowest BCUT2D eigenvalue weighted by Crippen LogP contribution is -2.27. The van der Waals surface area contributed by atoms with E-state index in [2.05, 4.69) is 5.10 Å². The van der Waals surface area contributed by atoms with E-state index < -0.39 is 11.7 Å². The maximum Gasteiger partial charge on any atom is 0.416 e. The fraction of sp³-hybridized carbons (Fsp3) is 0.348. The maximum atomic E-state index is 13.1. The normalized spacial score (nSPS) is 14.0. The zero-order valence-corrected chi connectivity index (χ0v) is 18.1. The van der Waals surface area contributed by atoms with Gasteiger partial charge in [-0.25, -0.2) is 9.48 Å². The molecular weight excluding hydrogens is 443 g/mol. The quantitative estimate of drug-likeness (QED) is 0.482. The SMILES string of the molecule is Cc1c(CCC(=O)Cn2nc(-c3ccc(Cl)cc3)n(C3CC3)c2=O)cccc1C(F)(F)F. The highest BCUT2D eigenvalue weighted by Gasteiger charge is 2.33. The van der Waals surface area contributed by atoms with E-state index in [0.29, 0.717) is 16.4 Å². The second-order valence-corrected chi connectivity index (χ2v) is 8.43. The third-order valence-electron chi connectivity index (χ3n) is 5.64. The highest BCUT2D eigenvalue weighted by molar-refractivity contribution is 6.30. The van der Waals surface area contributed by atoms with Gasteiger partial charge in [0, 0.05) is 23.0 Å². The molecule has 0 spiro atoms. The van der Waals surface area contributed by atoms with Crippen LogP contribution in [0.3, 0.4) is 0 Å². The molecule has 1 fully saturated rings. The van der Waals surface area contributed by atoms with Gasteiger partial charge in [0.25, 0.3) is 0 Å². The summed E-state index contributed by atoms with van der Waals surface area (Å²) in [7, 11) is 0. The Hall–Kier alpha value is -2.87. The molecule has 1 aliphatic rings. The highest BCUT2D eigenvalue weighted by Crippen LogP contribution is 2.36. The molecule has 0 saturated heterocycles. The molecule has 0 bridgehead atoms.